The highest BCUT2D eigenvalue weighted by molar-refractivity contribution is 7.59. The maximum Gasteiger partial charge on any atom is 0.425 e. The van der Waals surface area contributed by atoms with Crippen molar-refractivity contribution >= 4 is 35.5 Å². The molecule has 2 N–H and O–H groups in total. The molecule has 7 heteroatoms. The second-order valence-electron chi connectivity index (χ2n) is 6.04. The average molecular weight is 402 g/mol. The number of hydrogen-bond donors (Lipinski definition) is 2. The van der Waals surface area contributed by atoms with E-state index in [9.17, 15) is 0 Å². The van der Waals surface area contributed by atoms with Gasteiger partial charge in [-0.1, -0.05) is 58.1 Å². The minimum atomic E-state index is -3.11. The van der Waals surface area contributed by atoms with Gasteiger partial charge in [0.15, 0.2) is 0 Å². The van der Waals surface area contributed by atoms with Gasteiger partial charge in [0.1, 0.15) is 0 Å². The summed E-state index contributed by atoms with van der Waals surface area (Å²) in [6, 6.07) is 19.5. The molecule has 0 amide bonds. The van der Waals surface area contributed by atoms with Crippen molar-refractivity contribution in [1.29, 1.82) is 0 Å². The summed E-state index contributed by atoms with van der Waals surface area (Å²) in [6.07, 6.45) is 6.29. The van der Waals surface area contributed by atoms with Gasteiger partial charge in [-0.25, -0.2) is 0 Å². The summed E-state index contributed by atoms with van der Waals surface area (Å²) in [7, 11) is 1.39. The summed E-state index contributed by atoms with van der Waals surface area (Å²) in [5, 5.41) is 7.09. The van der Waals surface area contributed by atoms with E-state index in [1.165, 1.54) is 44.6 Å². The Morgan fingerprint density at radius 1 is 0.786 bits per heavy atom. The summed E-state index contributed by atoms with van der Waals surface area (Å²) < 4.78 is 25.3. The third kappa shape index (κ3) is 13.0. The molecule has 2 rings (SSSR count). The molecular weight excluding hydrogens is 371 g/mol. The Labute approximate surface area is 172 Å². The van der Waals surface area contributed by atoms with Gasteiger partial charge in [0.25, 0.3) is 0 Å². The van der Waals surface area contributed by atoms with Crippen molar-refractivity contribution in [3.63, 3.8) is 0 Å². The molecule has 2 aromatic rings. The summed E-state index contributed by atoms with van der Waals surface area (Å²) >= 11 is 0. The molecule has 0 bridgehead atoms. The van der Waals surface area contributed by atoms with E-state index in [1.807, 2.05) is 18.2 Å². The highest BCUT2D eigenvalue weighted by Gasteiger charge is 2.06. The Morgan fingerprint density at radius 2 is 1.29 bits per heavy atom. The van der Waals surface area contributed by atoms with Crippen LogP contribution in [0.1, 0.15) is 46.0 Å². The lowest BCUT2D eigenvalue weighted by atomic mass is 10.0. The van der Waals surface area contributed by atoms with Crippen LogP contribution in [0, 0.1) is 0 Å². The Bertz CT molecular complexity index is 716. The molecule has 5 nitrogen and oxygen atoms in total. The number of rotatable bonds is 9. The highest BCUT2D eigenvalue weighted by Crippen LogP contribution is 2.20. The smallest absolute Gasteiger partial charge is 0.382 e. The molecule has 0 spiro atoms. The third-order valence-corrected chi connectivity index (χ3v) is 3.86. The van der Waals surface area contributed by atoms with Crippen LogP contribution < -0.4 is 10.6 Å². The second-order valence-corrected chi connectivity index (χ2v) is 6.45. The molecule has 0 saturated carbocycles. The van der Waals surface area contributed by atoms with Gasteiger partial charge in [-0.15, -0.1) is 12.6 Å². The van der Waals surface area contributed by atoms with E-state index in [1.54, 1.807) is 0 Å². The maximum atomic E-state index is 8.44. The lowest BCUT2D eigenvalue weighted by Crippen LogP contribution is -2.19. The molecule has 0 heterocycles. The van der Waals surface area contributed by atoms with Crippen LogP contribution in [0.4, 0.5) is 17.1 Å². The van der Waals surface area contributed by atoms with Crippen molar-refractivity contribution in [3.05, 3.63) is 54.6 Å². The molecule has 152 valence electrons. The zero-order valence-electron chi connectivity index (χ0n) is 17.0. The van der Waals surface area contributed by atoms with Gasteiger partial charge in [0, 0.05) is 23.1 Å². The van der Waals surface area contributed by atoms with Gasteiger partial charge in [-0.3, -0.25) is 0 Å². The number of unbranched alkanes of at least 4 members (excludes halogenated alkanes) is 1. The van der Waals surface area contributed by atoms with Crippen LogP contribution in [0.15, 0.2) is 54.6 Å². The Hall–Kier alpha value is -2.28. The number of anilines is 3. The topological polar surface area (TPSA) is 75.3 Å². The van der Waals surface area contributed by atoms with Crippen LogP contribution in [0.2, 0.25) is 6.82 Å². The molecule has 0 saturated heterocycles. The molecule has 0 aromatic heterocycles. The zero-order valence-corrected chi connectivity index (χ0v) is 17.8. The first-order valence-electron chi connectivity index (χ1n) is 9.58. The SMILES string of the molecule is CCCCC(CCC)Nc1ccc(Nc2ccccc2)cc1.O=S(=O)=O.[B]C. The van der Waals surface area contributed by atoms with Crippen LogP contribution in [0.5, 0.6) is 0 Å². The van der Waals surface area contributed by atoms with Crippen molar-refractivity contribution in [1.82, 2.24) is 0 Å². The van der Waals surface area contributed by atoms with Crippen molar-refractivity contribution in [2.45, 2.75) is 58.8 Å². The van der Waals surface area contributed by atoms with Gasteiger partial charge < -0.3 is 10.6 Å². The summed E-state index contributed by atoms with van der Waals surface area (Å²) in [4.78, 5) is 0. The Morgan fingerprint density at radius 3 is 1.79 bits per heavy atom. The van der Waals surface area contributed by atoms with Gasteiger partial charge in [-0.2, -0.15) is 0 Å². The van der Waals surface area contributed by atoms with E-state index in [2.05, 4.69) is 68.7 Å². The molecule has 1 unspecified atom stereocenters. The summed E-state index contributed by atoms with van der Waals surface area (Å²) in [5.74, 6) is 0. The lowest BCUT2D eigenvalue weighted by Gasteiger charge is -2.19. The number of para-hydroxylation sites is 1. The van der Waals surface area contributed by atoms with E-state index in [0.29, 0.717) is 6.04 Å². The molecular formula is C21H31BN2O3S. The minimum absolute atomic E-state index is 0.595. The first kappa shape index (κ1) is 25.7. The zero-order chi connectivity index (χ0) is 21.2. The van der Waals surface area contributed by atoms with E-state index in [4.69, 9.17) is 12.6 Å². The molecule has 0 aliphatic rings. The average Bonchev–Trinajstić information content (AvgIpc) is 2.70. The molecule has 2 aromatic carbocycles. The van der Waals surface area contributed by atoms with Crippen LogP contribution in [0.25, 0.3) is 0 Å². The summed E-state index contributed by atoms with van der Waals surface area (Å²) in [5.41, 5.74) is 3.46. The molecule has 2 radical (unpaired) electrons. The number of benzene rings is 2. The second kappa shape index (κ2) is 16.9. The normalized spacial score (nSPS) is 10.4. The van der Waals surface area contributed by atoms with Crippen LogP contribution >= 0.6 is 0 Å². The standard InChI is InChI=1S/C20H28N2.CH3B.O3S/c1-3-5-10-17(9-4-2)21-19-13-15-20(16-14-19)22-18-11-7-6-8-12-18;1-2;1-4(2)3/h6-8,11-17,21-22H,3-5,9-10H2,1-2H3;1H3;. The van der Waals surface area contributed by atoms with E-state index < -0.39 is 10.6 Å². The van der Waals surface area contributed by atoms with Gasteiger partial charge in [0.2, 0.25) is 0 Å². The van der Waals surface area contributed by atoms with Crippen molar-refractivity contribution in [3.8, 4) is 0 Å². The first-order valence-corrected chi connectivity index (χ1v) is 10.6. The van der Waals surface area contributed by atoms with Gasteiger partial charge in [0.05, 0.1) is 7.85 Å². The number of hydrogen-bond acceptors (Lipinski definition) is 5. The van der Waals surface area contributed by atoms with Crippen molar-refractivity contribution < 1.29 is 12.6 Å². The molecule has 0 aliphatic carbocycles. The van der Waals surface area contributed by atoms with Crippen LogP contribution in [-0.4, -0.2) is 26.5 Å². The van der Waals surface area contributed by atoms with Crippen molar-refractivity contribution in [2.24, 2.45) is 0 Å². The molecule has 0 aliphatic heterocycles. The Kier molecular flexibility index (Phi) is 15.5. The quantitative estimate of drug-likeness (QED) is 0.550. The first-order chi connectivity index (χ1) is 13.5. The predicted molar refractivity (Wildman–Crippen MR) is 119 cm³/mol. The fraction of sp³-hybridized carbons (Fsp3) is 0.429. The molecule has 0 fully saturated rings. The van der Waals surface area contributed by atoms with Gasteiger partial charge in [-0.05, 0) is 49.2 Å². The lowest BCUT2D eigenvalue weighted by molar-refractivity contribution is 0.559. The fourth-order valence-electron chi connectivity index (χ4n) is 2.66. The van der Waals surface area contributed by atoms with E-state index in [-0.39, 0.29) is 0 Å². The van der Waals surface area contributed by atoms with Crippen molar-refractivity contribution in [2.75, 3.05) is 10.6 Å². The fourth-order valence-corrected chi connectivity index (χ4v) is 2.66. The van der Waals surface area contributed by atoms with E-state index in [0.717, 1.165) is 11.4 Å². The minimum Gasteiger partial charge on any atom is -0.382 e. The van der Waals surface area contributed by atoms with Crippen LogP contribution in [-0.2, 0) is 10.6 Å². The largest absolute Gasteiger partial charge is 0.425 e. The number of nitrogens with one attached hydrogen (secondary N) is 2. The van der Waals surface area contributed by atoms with Crippen LogP contribution in [0.3, 0.4) is 0 Å². The molecule has 28 heavy (non-hydrogen) atoms. The highest BCUT2D eigenvalue weighted by atomic mass is 32.2. The molecule has 1 atom stereocenters. The summed E-state index contributed by atoms with van der Waals surface area (Å²) in [6.45, 7) is 6.01. The maximum absolute atomic E-state index is 8.44. The van der Waals surface area contributed by atoms with E-state index >= 15 is 0 Å². The monoisotopic (exact) mass is 402 g/mol. The Balaban J connectivity index is 0.00000108. The predicted octanol–water partition coefficient (Wildman–Crippen LogP) is 5.40. The third-order valence-electron chi connectivity index (χ3n) is 3.86. The van der Waals surface area contributed by atoms with Gasteiger partial charge >= 0.3 is 10.6 Å².